The van der Waals surface area contributed by atoms with Crippen LogP contribution < -0.4 is 14.2 Å². The Bertz CT molecular complexity index is 1350. The predicted molar refractivity (Wildman–Crippen MR) is 159 cm³/mol. The van der Waals surface area contributed by atoms with Gasteiger partial charge in [-0.25, -0.2) is 9.59 Å². The first-order valence-corrected chi connectivity index (χ1v) is 14.5. The number of nitrogens with zero attached hydrogens (tertiary/aromatic N) is 1. The Hall–Kier alpha value is -3.67. The number of hydrogen-bond donors (Lipinski definition) is 1. The molecule has 238 valence electrons. The lowest BCUT2D eigenvalue weighted by Gasteiger charge is -2.22. The van der Waals surface area contributed by atoms with Crippen molar-refractivity contribution in [2.75, 3.05) is 32.9 Å². The second kappa shape index (κ2) is 17.0. The molecule has 0 radical (unpaired) electrons. The van der Waals surface area contributed by atoms with Crippen molar-refractivity contribution in [2.45, 2.75) is 38.5 Å². The van der Waals surface area contributed by atoms with Gasteiger partial charge in [-0.2, -0.15) is 13.2 Å². The lowest BCUT2D eigenvalue weighted by atomic mass is 10.1. The van der Waals surface area contributed by atoms with E-state index in [4.69, 9.17) is 42.1 Å². The Morgan fingerprint density at radius 3 is 2.18 bits per heavy atom. The monoisotopic (exact) mass is 657 g/mol. The van der Waals surface area contributed by atoms with Gasteiger partial charge in [0, 0.05) is 29.6 Å². The normalized spacial score (nSPS) is 12.0. The van der Waals surface area contributed by atoms with E-state index < -0.39 is 29.9 Å². The molecule has 1 unspecified atom stereocenters. The zero-order chi connectivity index (χ0) is 32.1. The van der Waals surface area contributed by atoms with Gasteiger partial charge in [0.15, 0.2) is 6.10 Å². The zero-order valence-electron chi connectivity index (χ0n) is 23.8. The molecule has 0 saturated carbocycles. The van der Waals surface area contributed by atoms with Crippen molar-refractivity contribution < 1.29 is 46.8 Å². The van der Waals surface area contributed by atoms with Gasteiger partial charge in [-0.15, -0.1) is 0 Å². The van der Waals surface area contributed by atoms with Crippen LogP contribution in [-0.2, 0) is 22.1 Å². The van der Waals surface area contributed by atoms with Crippen LogP contribution in [0.1, 0.15) is 30.9 Å². The number of carboxylic acid groups (broad SMARTS) is 1. The molecule has 0 fully saturated rings. The van der Waals surface area contributed by atoms with Gasteiger partial charge >= 0.3 is 18.2 Å². The van der Waals surface area contributed by atoms with E-state index in [-0.39, 0.29) is 38.5 Å². The summed E-state index contributed by atoms with van der Waals surface area (Å²) < 4.78 is 61.3. The number of rotatable bonds is 16. The molecular formula is C31H32Cl2F3NO7. The second-order valence-corrected chi connectivity index (χ2v) is 10.4. The van der Waals surface area contributed by atoms with Crippen LogP contribution in [0.5, 0.6) is 17.2 Å². The van der Waals surface area contributed by atoms with Crippen molar-refractivity contribution >= 4 is 35.3 Å². The van der Waals surface area contributed by atoms with Gasteiger partial charge in [-0.1, -0.05) is 41.4 Å². The average molecular weight is 658 g/mol. The van der Waals surface area contributed by atoms with E-state index in [2.05, 4.69) is 0 Å². The second-order valence-electron chi connectivity index (χ2n) is 9.52. The molecule has 0 heterocycles. The molecule has 0 aliphatic rings. The van der Waals surface area contributed by atoms with E-state index >= 15 is 0 Å². The quantitative estimate of drug-likeness (QED) is 0.157. The topological polar surface area (TPSA) is 94.5 Å². The Kier molecular flexibility index (Phi) is 13.4. The molecule has 1 amide bonds. The number of ether oxygens (including phenoxy) is 4. The summed E-state index contributed by atoms with van der Waals surface area (Å²) in [6.07, 6.45) is -5.16. The van der Waals surface area contributed by atoms with Crippen molar-refractivity contribution in [3.63, 3.8) is 0 Å². The standard InChI is InChI=1S/C31H32Cl2F3NO7/c1-2-41-28(29(38)39)16-21-8-10-25(11-9-21)43-15-13-37(12-3-4-14-42-27-19-23(32)18-24(33)20-27)30(40)44-26-7-5-6-22(17-26)31(34,35)36/h5-11,17-20,28H,2-4,12-16H2,1H3,(H,38,39). The number of halogens is 5. The predicted octanol–water partition coefficient (Wildman–Crippen LogP) is 7.78. The molecule has 1 atom stereocenters. The molecule has 3 rings (SSSR count). The first-order valence-electron chi connectivity index (χ1n) is 13.7. The summed E-state index contributed by atoms with van der Waals surface area (Å²) in [7, 11) is 0. The fraction of sp³-hybridized carbons (Fsp3) is 0.355. The summed E-state index contributed by atoms with van der Waals surface area (Å²) in [6.45, 7) is 2.66. The average Bonchev–Trinajstić information content (AvgIpc) is 2.95. The van der Waals surface area contributed by atoms with Crippen molar-refractivity contribution in [2.24, 2.45) is 0 Å². The van der Waals surface area contributed by atoms with Crippen LogP contribution in [0, 0.1) is 0 Å². The van der Waals surface area contributed by atoms with Gasteiger partial charge in [0.1, 0.15) is 23.9 Å². The van der Waals surface area contributed by atoms with E-state index in [9.17, 15) is 27.9 Å². The minimum absolute atomic E-state index is 0.0608. The van der Waals surface area contributed by atoms with Crippen LogP contribution in [0.3, 0.4) is 0 Å². The smallest absolute Gasteiger partial charge is 0.416 e. The molecule has 13 heteroatoms. The summed E-state index contributed by atoms with van der Waals surface area (Å²) >= 11 is 12.0. The molecule has 0 bridgehead atoms. The van der Waals surface area contributed by atoms with E-state index in [0.29, 0.717) is 41.0 Å². The highest BCUT2D eigenvalue weighted by Crippen LogP contribution is 2.31. The molecule has 0 saturated heterocycles. The Labute approximate surface area is 263 Å². The van der Waals surface area contributed by atoms with Crippen LogP contribution in [0.4, 0.5) is 18.0 Å². The van der Waals surface area contributed by atoms with Crippen LogP contribution in [0.15, 0.2) is 66.7 Å². The van der Waals surface area contributed by atoms with Gasteiger partial charge in [-0.05, 0) is 73.9 Å². The number of alkyl halides is 3. The summed E-state index contributed by atoms with van der Waals surface area (Å²) in [4.78, 5) is 25.7. The number of amides is 1. The zero-order valence-corrected chi connectivity index (χ0v) is 25.3. The van der Waals surface area contributed by atoms with Crippen LogP contribution in [0.2, 0.25) is 10.0 Å². The minimum Gasteiger partial charge on any atom is -0.493 e. The van der Waals surface area contributed by atoms with Gasteiger partial charge < -0.3 is 29.0 Å². The lowest BCUT2D eigenvalue weighted by molar-refractivity contribution is -0.150. The fourth-order valence-corrected chi connectivity index (χ4v) is 4.54. The summed E-state index contributed by atoms with van der Waals surface area (Å²) in [5.74, 6) is -0.306. The highest BCUT2D eigenvalue weighted by Gasteiger charge is 2.31. The summed E-state index contributed by atoms with van der Waals surface area (Å²) in [5, 5.41) is 10.1. The van der Waals surface area contributed by atoms with Gasteiger partial charge in [0.25, 0.3) is 0 Å². The van der Waals surface area contributed by atoms with Crippen LogP contribution in [-0.4, -0.2) is 61.1 Å². The van der Waals surface area contributed by atoms with Crippen molar-refractivity contribution in [3.8, 4) is 17.2 Å². The number of aliphatic carboxylic acids is 1. The van der Waals surface area contributed by atoms with Crippen molar-refractivity contribution in [3.05, 3.63) is 87.9 Å². The third-order valence-electron chi connectivity index (χ3n) is 6.17. The number of unbranched alkanes of at least 4 members (excludes halogenated alkanes) is 1. The molecule has 0 aliphatic heterocycles. The molecule has 3 aromatic carbocycles. The first-order chi connectivity index (χ1) is 20.9. The maximum absolute atomic E-state index is 13.1. The number of carboxylic acids is 1. The number of carbonyl (C=O) groups is 2. The largest absolute Gasteiger partial charge is 0.493 e. The SMILES string of the molecule is CCOC(Cc1ccc(OCCN(CCCCOc2cc(Cl)cc(Cl)c2)C(=O)Oc2cccc(C(F)(F)F)c2)cc1)C(=O)O. The van der Waals surface area contributed by atoms with Gasteiger partial charge in [-0.3, -0.25) is 0 Å². The number of benzene rings is 3. The maximum Gasteiger partial charge on any atom is 0.416 e. The van der Waals surface area contributed by atoms with E-state index in [1.165, 1.54) is 11.0 Å². The van der Waals surface area contributed by atoms with Gasteiger partial charge in [0.05, 0.1) is 18.7 Å². The molecule has 3 aromatic rings. The highest BCUT2D eigenvalue weighted by molar-refractivity contribution is 6.34. The Morgan fingerprint density at radius 1 is 0.864 bits per heavy atom. The first kappa shape index (κ1) is 34.8. The molecule has 1 N–H and O–H groups in total. The Morgan fingerprint density at radius 2 is 1.55 bits per heavy atom. The van der Waals surface area contributed by atoms with Crippen molar-refractivity contribution in [1.29, 1.82) is 0 Å². The number of carbonyl (C=O) groups excluding carboxylic acids is 1. The minimum atomic E-state index is -4.59. The fourth-order valence-electron chi connectivity index (χ4n) is 4.03. The molecular weight excluding hydrogens is 626 g/mol. The third-order valence-corrected chi connectivity index (χ3v) is 6.61. The summed E-state index contributed by atoms with van der Waals surface area (Å²) in [5.41, 5.74) is -0.193. The van der Waals surface area contributed by atoms with E-state index in [0.717, 1.165) is 23.8 Å². The van der Waals surface area contributed by atoms with E-state index in [1.807, 2.05) is 0 Å². The summed E-state index contributed by atoms with van der Waals surface area (Å²) in [6, 6.07) is 15.7. The molecule has 44 heavy (non-hydrogen) atoms. The van der Waals surface area contributed by atoms with E-state index in [1.54, 1.807) is 49.4 Å². The Balaban J connectivity index is 1.58. The third kappa shape index (κ3) is 11.8. The van der Waals surface area contributed by atoms with Crippen molar-refractivity contribution in [1.82, 2.24) is 4.90 Å². The van der Waals surface area contributed by atoms with Gasteiger partial charge in [0.2, 0.25) is 0 Å². The van der Waals surface area contributed by atoms with Crippen LogP contribution >= 0.6 is 23.2 Å². The molecule has 0 aliphatic carbocycles. The lowest BCUT2D eigenvalue weighted by Crippen LogP contribution is -2.37. The molecule has 0 aromatic heterocycles. The van der Waals surface area contributed by atoms with Crippen LogP contribution in [0.25, 0.3) is 0 Å². The molecule has 8 nitrogen and oxygen atoms in total. The molecule has 0 spiro atoms. The maximum atomic E-state index is 13.1. The number of hydrogen-bond acceptors (Lipinski definition) is 6. The highest BCUT2D eigenvalue weighted by atomic mass is 35.5.